The number of ketones is 3. The maximum absolute atomic E-state index is 13.2. The molecule has 0 aliphatic heterocycles. The van der Waals surface area contributed by atoms with Crippen LogP contribution in [0.2, 0.25) is 0 Å². The van der Waals surface area contributed by atoms with Crippen molar-refractivity contribution in [3.63, 3.8) is 0 Å². The monoisotopic (exact) mass is 576 g/mol. The first-order valence-electron chi connectivity index (χ1n) is 16.6. The number of hydrogen-bond acceptors (Lipinski definition) is 3. The van der Waals surface area contributed by atoms with Crippen molar-refractivity contribution in [3.8, 4) is 0 Å². The van der Waals surface area contributed by atoms with E-state index in [1.165, 1.54) is 41.2 Å². The lowest BCUT2D eigenvalue weighted by Crippen LogP contribution is -2.30. The van der Waals surface area contributed by atoms with E-state index in [-0.39, 0.29) is 41.5 Å². The summed E-state index contributed by atoms with van der Waals surface area (Å²) in [6.45, 7) is 22.8. The number of carbonyl (C=O) groups is 3. The fourth-order valence-electron chi connectivity index (χ4n) is 6.42. The number of rotatable bonds is 11. The largest absolute Gasteiger partial charge is 0.300 e. The summed E-state index contributed by atoms with van der Waals surface area (Å²) in [6, 6.07) is 10.9. The van der Waals surface area contributed by atoms with Crippen molar-refractivity contribution in [2.24, 2.45) is 17.8 Å². The summed E-state index contributed by atoms with van der Waals surface area (Å²) in [6.07, 6.45) is 7.59. The summed E-state index contributed by atoms with van der Waals surface area (Å²) in [5, 5.41) is 0. The van der Waals surface area contributed by atoms with Gasteiger partial charge < -0.3 is 0 Å². The van der Waals surface area contributed by atoms with E-state index < -0.39 is 0 Å². The highest BCUT2D eigenvalue weighted by molar-refractivity contribution is 6.01. The van der Waals surface area contributed by atoms with Crippen LogP contribution in [0.15, 0.2) is 30.3 Å². The van der Waals surface area contributed by atoms with Gasteiger partial charge in [0, 0.05) is 17.9 Å². The SMILES string of the molecule is CCC.CCCC(CC1CC(=O)c2c(C)c(C)cc(C(C)C)c2C1)C(CC)C(=O)CC(C)=O.CCc1cccc(C)c1. The third-order valence-corrected chi connectivity index (χ3v) is 8.49. The Hall–Kier alpha value is -2.55. The zero-order valence-electron chi connectivity index (χ0n) is 28.8. The van der Waals surface area contributed by atoms with Crippen molar-refractivity contribution in [3.05, 3.63) is 69.3 Å². The molecule has 0 radical (unpaired) electrons. The molecule has 0 saturated heterocycles. The molecule has 2 aromatic carbocycles. The second-order valence-corrected chi connectivity index (χ2v) is 12.8. The smallest absolute Gasteiger partial charge is 0.163 e. The van der Waals surface area contributed by atoms with Gasteiger partial charge in [-0.25, -0.2) is 0 Å². The number of benzene rings is 2. The fraction of sp³-hybridized carbons (Fsp3) is 0.615. The summed E-state index contributed by atoms with van der Waals surface area (Å²) in [4.78, 5) is 37.5. The number of fused-ring (bicyclic) bond motifs is 1. The lowest BCUT2D eigenvalue weighted by molar-refractivity contribution is -0.129. The van der Waals surface area contributed by atoms with Crippen LogP contribution in [0.25, 0.3) is 0 Å². The number of hydrogen-bond donors (Lipinski definition) is 0. The normalized spacial score (nSPS) is 15.5. The van der Waals surface area contributed by atoms with Crippen LogP contribution in [0.1, 0.15) is 150 Å². The van der Waals surface area contributed by atoms with Gasteiger partial charge in [-0.3, -0.25) is 14.4 Å². The van der Waals surface area contributed by atoms with Gasteiger partial charge in [-0.1, -0.05) is 104 Å². The van der Waals surface area contributed by atoms with E-state index in [0.717, 1.165) is 49.7 Å². The molecule has 3 nitrogen and oxygen atoms in total. The minimum absolute atomic E-state index is 0.0428. The highest BCUT2D eigenvalue weighted by atomic mass is 16.1. The molecule has 1 aliphatic rings. The van der Waals surface area contributed by atoms with Gasteiger partial charge in [0.05, 0.1) is 6.42 Å². The van der Waals surface area contributed by atoms with Gasteiger partial charge in [-0.15, -0.1) is 0 Å². The number of aryl methyl sites for hydroxylation is 3. The van der Waals surface area contributed by atoms with Crippen LogP contribution in [-0.4, -0.2) is 17.3 Å². The maximum atomic E-state index is 13.2. The molecule has 2 aromatic rings. The van der Waals surface area contributed by atoms with Gasteiger partial charge in [0.25, 0.3) is 0 Å². The Labute approximate surface area is 258 Å². The third kappa shape index (κ3) is 11.3. The molecule has 3 heteroatoms. The Morgan fingerprint density at radius 2 is 1.60 bits per heavy atom. The van der Waals surface area contributed by atoms with E-state index in [1.54, 1.807) is 0 Å². The minimum atomic E-state index is -0.0744. The molecule has 0 amide bonds. The summed E-state index contributed by atoms with van der Waals surface area (Å²) in [7, 11) is 0. The van der Waals surface area contributed by atoms with E-state index in [2.05, 4.69) is 99.6 Å². The molecule has 3 atom stereocenters. The molecule has 234 valence electrons. The van der Waals surface area contributed by atoms with Crippen molar-refractivity contribution in [1.29, 1.82) is 0 Å². The van der Waals surface area contributed by atoms with E-state index in [0.29, 0.717) is 12.3 Å². The highest BCUT2D eigenvalue weighted by Gasteiger charge is 2.34. The molecule has 3 rings (SSSR count). The first-order valence-corrected chi connectivity index (χ1v) is 16.6. The standard InChI is InChI=1S/C27H40O3.C9H12.C3H8/c1-8-10-21(22(9-2)25(29)12-18(6)28)13-20-14-24-23(16(3)4)11-17(5)19(7)27(24)26(30)15-20;1-3-9-6-4-5-8(2)7-9;1-3-2/h11,16,20-22H,8-10,12-15H2,1-7H3;4-7H,3H2,1-2H3;3H2,1-2H3. The molecular weight excluding hydrogens is 516 g/mol. The summed E-state index contributed by atoms with van der Waals surface area (Å²) < 4.78 is 0. The zero-order chi connectivity index (χ0) is 32.0. The predicted octanol–water partition coefficient (Wildman–Crippen LogP) is 10.5. The van der Waals surface area contributed by atoms with E-state index >= 15 is 0 Å². The van der Waals surface area contributed by atoms with Crippen LogP contribution in [0.4, 0.5) is 0 Å². The zero-order valence-corrected chi connectivity index (χ0v) is 28.8. The van der Waals surface area contributed by atoms with Crippen LogP contribution >= 0.6 is 0 Å². The van der Waals surface area contributed by atoms with Crippen LogP contribution in [0, 0.1) is 38.5 Å². The van der Waals surface area contributed by atoms with Crippen molar-refractivity contribution in [2.45, 2.75) is 140 Å². The molecule has 0 heterocycles. The molecule has 0 bridgehead atoms. The van der Waals surface area contributed by atoms with Crippen molar-refractivity contribution < 1.29 is 14.4 Å². The summed E-state index contributed by atoms with van der Waals surface area (Å²) in [5.41, 5.74) is 8.62. The number of Topliss-reactive ketones (excluding diaryl/α,β-unsaturated/α-hetero) is 3. The van der Waals surface area contributed by atoms with Gasteiger partial charge in [0.15, 0.2) is 5.78 Å². The molecule has 0 fully saturated rings. The molecular formula is C39H60O3. The predicted molar refractivity (Wildman–Crippen MR) is 180 cm³/mol. The average molecular weight is 577 g/mol. The molecule has 0 spiro atoms. The fourth-order valence-corrected chi connectivity index (χ4v) is 6.42. The van der Waals surface area contributed by atoms with Crippen LogP contribution < -0.4 is 0 Å². The molecule has 42 heavy (non-hydrogen) atoms. The van der Waals surface area contributed by atoms with Gasteiger partial charge in [-0.2, -0.15) is 0 Å². The Morgan fingerprint density at radius 3 is 2.07 bits per heavy atom. The molecule has 0 N–H and O–H groups in total. The Morgan fingerprint density at radius 1 is 0.952 bits per heavy atom. The third-order valence-electron chi connectivity index (χ3n) is 8.49. The molecule has 1 aliphatic carbocycles. The first kappa shape index (κ1) is 37.5. The highest BCUT2D eigenvalue weighted by Crippen LogP contribution is 2.39. The number of carbonyl (C=O) groups excluding carboxylic acids is 3. The Bertz CT molecular complexity index is 1160. The summed E-state index contributed by atoms with van der Waals surface area (Å²) >= 11 is 0. The molecule has 0 saturated carbocycles. The van der Waals surface area contributed by atoms with E-state index in [1.807, 2.05) is 0 Å². The Kier molecular flexibility index (Phi) is 16.8. The maximum Gasteiger partial charge on any atom is 0.163 e. The van der Waals surface area contributed by atoms with Crippen molar-refractivity contribution >= 4 is 17.3 Å². The first-order chi connectivity index (χ1) is 19.8. The lowest BCUT2D eigenvalue weighted by atomic mass is 9.70. The van der Waals surface area contributed by atoms with E-state index in [4.69, 9.17) is 0 Å². The lowest BCUT2D eigenvalue weighted by Gasteiger charge is -2.33. The Balaban J connectivity index is 0.000000611. The van der Waals surface area contributed by atoms with Gasteiger partial charge in [0.1, 0.15) is 11.6 Å². The van der Waals surface area contributed by atoms with Crippen LogP contribution in [0.5, 0.6) is 0 Å². The molecule has 0 aromatic heterocycles. The van der Waals surface area contributed by atoms with Crippen LogP contribution in [-0.2, 0) is 22.4 Å². The minimum Gasteiger partial charge on any atom is -0.300 e. The average Bonchev–Trinajstić information content (AvgIpc) is 2.91. The van der Waals surface area contributed by atoms with Crippen molar-refractivity contribution in [1.82, 2.24) is 0 Å². The second kappa shape index (κ2) is 18.9. The quantitative estimate of drug-likeness (QED) is 0.250. The topological polar surface area (TPSA) is 51.2 Å². The molecule has 3 unspecified atom stereocenters. The second-order valence-electron chi connectivity index (χ2n) is 12.8. The van der Waals surface area contributed by atoms with Crippen molar-refractivity contribution in [2.75, 3.05) is 0 Å². The van der Waals surface area contributed by atoms with Crippen LogP contribution in [0.3, 0.4) is 0 Å². The van der Waals surface area contributed by atoms with E-state index in [9.17, 15) is 14.4 Å². The van der Waals surface area contributed by atoms with Gasteiger partial charge in [-0.05, 0) is 98.9 Å². The van der Waals surface area contributed by atoms with Gasteiger partial charge >= 0.3 is 0 Å². The summed E-state index contributed by atoms with van der Waals surface area (Å²) in [5.74, 6) is 1.14. The van der Waals surface area contributed by atoms with Gasteiger partial charge in [0.2, 0.25) is 0 Å².